The van der Waals surface area contributed by atoms with E-state index < -0.39 is 18.4 Å². The van der Waals surface area contributed by atoms with Crippen molar-refractivity contribution in [1.29, 1.82) is 0 Å². The topological polar surface area (TPSA) is 170 Å². The van der Waals surface area contributed by atoms with E-state index in [2.05, 4.69) is 36.0 Å². The first-order valence-corrected chi connectivity index (χ1v) is 29.5. The van der Waals surface area contributed by atoms with Gasteiger partial charge in [-0.15, -0.1) is 0 Å². The molecule has 1 atom stereocenters. The molecule has 3 aliphatic rings. The molecule has 77 heavy (non-hydrogen) atoms. The molecule has 17 nitrogen and oxygen atoms in total. The van der Waals surface area contributed by atoms with Gasteiger partial charge in [0.1, 0.15) is 6.04 Å². The Labute approximate surface area is 457 Å². The van der Waals surface area contributed by atoms with Gasteiger partial charge in [-0.1, -0.05) is 128 Å². The summed E-state index contributed by atoms with van der Waals surface area (Å²) in [4.78, 5) is 76.9. The first-order chi connectivity index (χ1) is 37.5. The van der Waals surface area contributed by atoms with E-state index >= 15 is 0 Å². The van der Waals surface area contributed by atoms with Gasteiger partial charge in [0.25, 0.3) is 5.56 Å². The first-order valence-electron chi connectivity index (χ1n) is 29.5. The molecular weight excluding hydrogens is 977 g/mol. The molecule has 2 aromatic heterocycles. The smallest absolute Gasteiger partial charge is 0.434 e. The van der Waals surface area contributed by atoms with Crippen LogP contribution in [0.3, 0.4) is 0 Å². The number of rotatable bonds is 28. The summed E-state index contributed by atoms with van der Waals surface area (Å²) in [5, 5.41) is 9.55. The minimum absolute atomic E-state index is 0.0988. The summed E-state index contributed by atoms with van der Waals surface area (Å²) in [5.74, 6) is -0.249. The van der Waals surface area contributed by atoms with Crippen LogP contribution in [-0.4, -0.2) is 143 Å². The Morgan fingerprint density at radius 3 is 1.86 bits per heavy atom. The minimum Gasteiger partial charge on any atom is -0.434 e. The van der Waals surface area contributed by atoms with E-state index in [4.69, 9.17) is 24.0 Å². The fraction of sp³-hybridized carbons (Fsp3) is 0.667. The zero-order chi connectivity index (χ0) is 54.4. The van der Waals surface area contributed by atoms with Crippen LogP contribution in [0, 0.1) is 6.92 Å². The monoisotopic (exact) mass is 1070 g/mol. The number of nitrogens with zero attached hydrogens (tertiary/aromatic N) is 7. The lowest BCUT2D eigenvalue weighted by Crippen LogP contribution is -2.59. The lowest BCUT2D eigenvalue weighted by atomic mass is 9.89. The third-order valence-electron chi connectivity index (χ3n) is 16.1. The standard InChI is InChI=1S/C60H90N8O9/c1-5-7-9-11-13-15-17-21-37-74-59(72)76-44-67-43-50-40-47(39-46(3)55(50)62-67)41-53(57(70)65-35-33-64(34-36-65)51-27-29-63(4)30-28-51)61-58(71)66-31-25-48(26-32-66)52-42-49-23-19-20-24-54(49)68(56(52)69)45-77-60(73)75-38-22-18-16-14-12-10-8-6-2/h19-20,23-24,39-40,42-43,48,51,53H,5-18,21-22,25-38,41,44-45H2,1-4H3,(H,61,71)/t53-/m1/s1. The highest BCUT2D eigenvalue weighted by Crippen LogP contribution is 2.29. The quantitative estimate of drug-likeness (QED) is 0.0422. The van der Waals surface area contributed by atoms with Gasteiger partial charge in [-0.2, -0.15) is 5.10 Å². The largest absolute Gasteiger partial charge is 0.510 e. The van der Waals surface area contributed by atoms with Gasteiger partial charge in [0.05, 0.1) is 24.2 Å². The van der Waals surface area contributed by atoms with E-state index in [0.717, 1.165) is 105 Å². The van der Waals surface area contributed by atoms with E-state index in [9.17, 15) is 24.0 Å². The molecule has 7 rings (SSSR count). The number of carbonyl (C=O) groups is 4. The molecule has 2 aromatic carbocycles. The van der Waals surface area contributed by atoms with E-state index in [-0.39, 0.29) is 49.9 Å². The van der Waals surface area contributed by atoms with Gasteiger partial charge in [-0.05, 0) is 106 Å². The molecule has 0 bridgehead atoms. The zero-order valence-corrected chi connectivity index (χ0v) is 47.0. The van der Waals surface area contributed by atoms with Gasteiger partial charge in [-0.3, -0.25) is 19.1 Å². The second kappa shape index (κ2) is 31.0. The number of nitrogens with one attached hydrogen (secondary N) is 1. The van der Waals surface area contributed by atoms with Crippen molar-refractivity contribution in [3.8, 4) is 0 Å². The van der Waals surface area contributed by atoms with Crippen LogP contribution in [0.4, 0.5) is 14.4 Å². The Hall–Kier alpha value is -5.68. The Morgan fingerprint density at radius 1 is 0.649 bits per heavy atom. The average Bonchev–Trinajstić information content (AvgIpc) is 3.88. The van der Waals surface area contributed by atoms with Gasteiger partial charge in [0.15, 0.2) is 13.5 Å². The minimum atomic E-state index is -0.833. The van der Waals surface area contributed by atoms with Crippen LogP contribution in [0.15, 0.2) is 53.5 Å². The molecule has 17 heteroatoms. The summed E-state index contributed by atoms with van der Waals surface area (Å²) in [5.41, 5.74) is 3.56. The van der Waals surface area contributed by atoms with Crippen molar-refractivity contribution < 1.29 is 38.1 Å². The molecule has 0 aliphatic carbocycles. The van der Waals surface area contributed by atoms with Crippen molar-refractivity contribution in [2.75, 3.05) is 72.6 Å². The molecule has 4 aromatic rings. The molecule has 1 N–H and O–H groups in total. The molecule has 424 valence electrons. The van der Waals surface area contributed by atoms with E-state index in [1.165, 1.54) is 68.8 Å². The number of aromatic nitrogens is 3. The number of piperazine rings is 1. The zero-order valence-electron chi connectivity index (χ0n) is 47.0. The number of pyridine rings is 1. The maximum absolute atomic E-state index is 14.7. The fourth-order valence-electron chi connectivity index (χ4n) is 11.5. The number of carbonyl (C=O) groups excluding carboxylic acids is 4. The average molecular weight is 1070 g/mol. The second-order valence-corrected chi connectivity index (χ2v) is 22.0. The SMILES string of the molecule is CCCCCCCCCCOC(=O)OCn1cc2cc(C[C@@H](NC(=O)N3CCC(c4cc5ccccc5n(COC(=O)OCCCCCCCCCC)c4=O)CC3)C(=O)N3CCN(C4CCN(C)CC4)CC3)cc(C)c2n1. The third kappa shape index (κ3) is 17.9. The molecule has 3 saturated heterocycles. The number of piperidine rings is 2. The van der Waals surface area contributed by atoms with Crippen LogP contribution in [0.25, 0.3) is 21.8 Å². The predicted octanol–water partition coefficient (Wildman–Crippen LogP) is 10.9. The van der Waals surface area contributed by atoms with Crippen molar-refractivity contribution in [3.63, 3.8) is 0 Å². The van der Waals surface area contributed by atoms with Crippen LogP contribution >= 0.6 is 0 Å². The molecule has 0 unspecified atom stereocenters. The number of para-hydroxylation sites is 1. The lowest BCUT2D eigenvalue weighted by Gasteiger charge is -2.43. The Balaban J connectivity index is 0.959. The maximum Gasteiger partial charge on any atom is 0.510 e. The van der Waals surface area contributed by atoms with E-state index in [0.29, 0.717) is 62.7 Å². The molecule has 3 amide bonds. The first kappa shape index (κ1) is 59.0. The highest BCUT2D eigenvalue weighted by Gasteiger charge is 2.34. The van der Waals surface area contributed by atoms with Crippen LogP contribution in [0.2, 0.25) is 0 Å². The Bertz CT molecular complexity index is 2540. The number of benzene rings is 2. The normalized spacial score (nSPS) is 16.5. The number of likely N-dealkylation sites (tertiary alicyclic amines) is 2. The van der Waals surface area contributed by atoms with Gasteiger partial charge >= 0.3 is 18.3 Å². The molecule has 5 heterocycles. The van der Waals surface area contributed by atoms with Crippen LogP contribution in [0.5, 0.6) is 0 Å². The summed E-state index contributed by atoms with van der Waals surface area (Å²) in [6, 6.07) is 12.9. The number of hydrogen-bond donors (Lipinski definition) is 1. The van der Waals surface area contributed by atoms with E-state index in [1.54, 1.807) is 9.58 Å². The fourth-order valence-corrected chi connectivity index (χ4v) is 11.5. The molecule has 3 aliphatic heterocycles. The summed E-state index contributed by atoms with van der Waals surface area (Å²) in [6.45, 7) is 12.3. The summed E-state index contributed by atoms with van der Waals surface area (Å²) in [6.07, 6.45) is 22.2. The highest BCUT2D eigenvalue weighted by molar-refractivity contribution is 5.88. The van der Waals surface area contributed by atoms with Gasteiger partial charge in [-0.25, -0.2) is 19.1 Å². The van der Waals surface area contributed by atoms with Gasteiger partial charge < -0.3 is 39.0 Å². The van der Waals surface area contributed by atoms with Crippen molar-refractivity contribution in [3.05, 3.63) is 75.7 Å². The number of fused-ring (bicyclic) bond motifs is 2. The van der Waals surface area contributed by atoms with Crippen molar-refractivity contribution in [2.45, 2.75) is 187 Å². The number of urea groups is 1. The van der Waals surface area contributed by atoms with Crippen molar-refractivity contribution in [2.24, 2.45) is 0 Å². The van der Waals surface area contributed by atoms with Crippen molar-refractivity contribution in [1.82, 2.24) is 39.3 Å². The van der Waals surface area contributed by atoms with Gasteiger partial charge in [0, 0.05) is 68.9 Å². The molecule has 0 spiro atoms. The Kier molecular flexibility index (Phi) is 23.8. The number of aryl methyl sites for hydroxylation is 1. The summed E-state index contributed by atoms with van der Waals surface area (Å²) in [7, 11) is 2.17. The molecular formula is C60H90N8O9. The maximum atomic E-state index is 14.7. The Morgan fingerprint density at radius 2 is 1.23 bits per heavy atom. The predicted molar refractivity (Wildman–Crippen MR) is 301 cm³/mol. The van der Waals surface area contributed by atoms with Gasteiger partial charge in [0.2, 0.25) is 5.91 Å². The highest BCUT2D eigenvalue weighted by atomic mass is 16.7. The second-order valence-electron chi connectivity index (χ2n) is 22.0. The number of unbranched alkanes of at least 4 members (excludes halogenated alkanes) is 14. The number of amides is 3. The molecule has 3 fully saturated rings. The summed E-state index contributed by atoms with van der Waals surface area (Å²) >= 11 is 0. The molecule has 0 radical (unpaired) electrons. The third-order valence-corrected chi connectivity index (χ3v) is 16.1. The van der Waals surface area contributed by atoms with Crippen LogP contribution in [-0.2, 0) is 43.6 Å². The van der Waals surface area contributed by atoms with Crippen molar-refractivity contribution >= 4 is 46.1 Å². The number of ether oxygens (including phenoxy) is 4. The van der Waals surface area contributed by atoms with E-state index in [1.807, 2.05) is 60.5 Å². The van der Waals surface area contributed by atoms with Crippen LogP contribution < -0.4 is 10.9 Å². The molecule has 0 saturated carbocycles. The number of hydrogen-bond acceptors (Lipinski definition) is 12. The summed E-state index contributed by atoms with van der Waals surface area (Å²) < 4.78 is 24.7. The lowest BCUT2D eigenvalue weighted by molar-refractivity contribution is -0.135. The van der Waals surface area contributed by atoms with Crippen LogP contribution in [0.1, 0.15) is 165 Å².